The van der Waals surface area contributed by atoms with Gasteiger partial charge in [-0.25, -0.2) is 13.1 Å². The van der Waals surface area contributed by atoms with Gasteiger partial charge in [-0.05, 0) is 68.3 Å². The highest BCUT2D eigenvalue weighted by atomic mass is 32.2. The lowest BCUT2D eigenvalue weighted by atomic mass is 10.1. The first-order chi connectivity index (χ1) is 15.5. The molecule has 1 aliphatic heterocycles. The van der Waals surface area contributed by atoms with Crippen molar-refractivity contribution in [2.45, 2.75) is 48.8 Å². The summed E-state index contributed by atoms with van der Waals surface area (Å²) in [5.74, 6) is 0. The van der Waals surface area contributed by atoms with Crippen molar-refractivity contribution in [3.63, 3.8) is 0 Å². The Bertz CT molecular complexity index is 927. The van der Waals surface area contributed by atoms with Gasteiger partial charge in [-0.2, -0.15) is 0 Å². The van der Waals surface area contributed by atoms with Crippen LogP contribution in [0.4, 0.5) is 5.69 Å². The molecule has 0 unspecified atom stereocenters. The summed E-state index contributed by atoms with van der Waals surface area (Å²) in [6, 6.07) is 16.6. The van der Waals surface area contributed by atoms with Gasteiger partial charge in [0.25, 0.3) is 0 Å². The molecule has 1 aliphatic rings. The average Bonchev–Trinajstić information content (AvgIpc) is 2.83. The maximum absolute atomic E-state index is 12.7. The van der Waals surface area contributed by atoms with Crippen LogP contribution in [-0.4, -0.2) is 58.8 Å². The van der Waals surface area contributed by atoms with E-state index in [0.29, 0.717) is 11.4 Å². The van der Waals surface area contributed by atoms with E-state index < -0.39 is 10.0 Å². The standard InChI is InChI=1S/C25H37N3O2S2/c1-3-15-26-32(29,30)25-21-22(13-14-24(25)31-2)10-6-5-9-16-27-17-19-28(20-18-27)23-11-7-4-8-12-23/h4,7-8,11-14,21,26H,3,5-6,9-10,15-20H2,1-2H3. The third-order valence-corrected chi connectivity index (χ3v) is 8.42. The number of rotatable bonds is 12. The van der Waals surface area contributed by atoms with Gasteiger partial charge in [0.2, 0.25) is 10.0 Å². The monoisotopic (exact) mass is 475 g/mol. The Kier molecular flexibility index (Phi) is 9.91. The number of hydrogen-bond donors (Lipinski definition) is 1. The minimum absolute atomic E-state index is 0.423. The van der Waals surface area contributed by atoms with Crippen LogP contribution in [0.15, 0.2) is 58.3 Å². The molecule has 176 valence electrons. The van der Waals surface area contributed by atoms with Gasteiger partial charge in [0.05, 0.1) is 4.90 Å². The zero-order valence-electron chi connectivity index (χ0n) is 19.4. The minimum atomic E-state index is -3.44. The molecule has 3 rings (SSSR count). The van der Waals surface area contributed by atoms with Crippen LogP contribution < -0.4 is 9.62 Å². The Balaban J connectivity index is 1.41. The number of unbranched alkanes of at least 4 members (excludes halogenated alkanes) is 2. The molecule has 5 nitrogen and oxygen atoms in total. The van der Waals surface area contributed by atoms with Crippen LogP contribution in [0.2, 0.25) is 0 Å². The van der Waals surface area contributed by atoms with Gasteiger partial charge < -0.3 is 4.90 Å². The molecule has 0 spiro atoms. The number of anilines is 1. The number of nitrogens with zero attached hydrogens (tertiary/aromatic N) is 2. The number of piperazine rings is 1. The van der Waals surface area contributed by atoms with Gasteiger partial charge in [-0.15, -0.1) is 11.8 Å². The summed E-state index contributed by atoms with van der Waals surface area (Å²) >= 11 is 1.48. The van der Waals surface area contributed by atoms with Crippen molar-refractivity contribution in [1.29, 1.82) is 0 Å². The van der Waals surface area contributed by atoms with Crippen LogP contribution >= 0.6 is 11.8 Å². The van der Waals surface area contributed by atoms with E-state index in [2.05, 4.69) is 50.9 Å². The molecule has 0 saturated carbocycles. The third kappa shape index (κ3) is 7.24. The number of nitrogens with one attached hydrogen (secondary N) is 1. The second-order valence-electron chi connectivity index (χ2n) is 8.36. The van der Waals surface area contributed by atoms with Gasteiger partial charge in [0.1, 0.15) is 0 Å². The Morgan fingerprint density at radius 3 is 2.41 bits per heavy atom. The normalized spacial score (nSPS) is 15.2. The fraction of sp³-hybridized carbons (Fsp3) is 0.520. The molecular formula is C25H37N3O2S2. The number of sulfonamides is 1. The van der Waals surface area contributed by atoms with Crippen LogP contribution in [0.25, 0.3) is 0 Å². The van der Waals surface area contributed by atoms with Crippen LogP contribution in [0.1, 0.15) is 38.2 Å². The van der Waals surface area contributed by atoms with E-state index in [9.17, 15) is 8.42 Å². The molecule has 0 aromatic heterocycles. The Morgan fingerprint density at radius 2 is 1.72 bits per heavy atom. The van der Waals surface area contributed by atoms with E-state index >= 15 is 0 Å². The molecular weight excluding hydrogens is 438 g/mol. The van der Waals surface area contributed by atoms with E-state index in [1.165, 1.54) is 30.3 Å². The molecule has 0 radical (unpaired) electrons. The van der Waals surface area contributed by atoms with E-state index in [0.717, 1.165) is 62.4 Å². The van der Waals surface area contributed by atoms with Crippen molar-refractivity contribution in [3.05, 3.63) is 54.1 Å². The molecule has 1 N–H and O–H groups in total. The first kappa shape index (κ1) is 25.1. The molecule has 1 heterocycles. The lowest BCUT2D eigenvalue weighted by Gasteiger charge is -2.36. The molecule has 7 heteroatoms. The van der Waals surface area contributed by atoms with Crippen LogP contribution in [-0.2, 0) is 16.4 Å². The summed E-state index contributed by atoms with van der Waals surface area (Å²) < 4.78 is 28.0. The van der Waals surface area contributed by atoms with Crippen LogP contribution in [0.3, 0.4) is 0 Å². The predicted molar refractivity (Wildman–Crippen MR) is 136 cm³/mol. The number of aryl methyl sites for hydroxylation is 1. The molecule has 1 fully saturated rings. The topological polar surface area (TPSA) is 52.7 Å². The van der Waals surface area contributed by atoms with Crippen molar-refractivity contribution in [2.24, 2.45) is 0 Å². The SMILES string of the molecule is CCCNS(=O)(=O)c1cc(CCCCCN2CCN(c3ccccc3)CC2)ccc1SC. The number of hydrogen-bond acceptors (Lipinski definition) is 5. The molecule has 32 heavy (non-hydrogen) atoms. The summed E-state index contributed by atoms with van der Waals surface area (Å²) in [5, 5.41) is 0. The third-order valence-electron chi connectivity index (χ3n) is 5.99. The molecule has 0 amide bonds. The van der Waals surface area contributed by atoms with Crippen LogP contribution in [0.5, 0.6) is 0 Å². The summed E-state index contributed by atoms with van der Waals surface area (Å²) in [4.78, 5) is 6.27. The Hall–Kier alpha value is -1.54. The van der Waals surface area contributed by atoms with E-state index in [1.807, 2.05) is 25.3 Å². The fourth-order valence-electron chi connectivity index (χ4n) is 4.11. The van der Waals surface area contributed by atoms with E-state index in [1.54, 1.807) is 0 Å². The highest BCUT2D eigenvalue weighted by Gasteiger charge is 2.19. The van der Waals surface area contributed by atoms with Gasteiger partial charge in [0.15, 0.2) is 0 Å². The Labute approximate surface area is 198 Å². The number of para-hydroxylation sites is 1. The van der Waals surface area contributed by atoms with Gasteiger partial charge in [-0.3, -0.25) is 4.90 Å². The molecule has 0 bridgehead atoms. The lowest BCUT2D eigenvalue weighted by Crippen LogP contribution is -2.46. The second-order valence-corrected chi connectivity index (χ2v) is 10.9. The fourth-order valence-corrected chi connectivity index (χ4v) is 6.42. The van der Waals surface area contributed by atoms with Gasteiger partial charge in [-0.1, -0.05) is 37.6 Å². The van der Waals surface area contributed by atoms with E-state index in [-0.39, 0.29) is 0 Å². The predicted octanol–water partition coefficient (Wildman–Crippen LogP) is 4.63. The van der Waals surface area contributed by atoms with Crippen molar-refractivity contribution in [2.75, 3.05) is 50.4 Å². The number of thioether (sulfide) groups is 1. The zero-order valence-corrected chi connectivity index (χ0v) is 21.1. The second kappa shape index (κ2) is 12.6. The maximum atomic E-state index is 12.7. The summed E-state index contributed by atoms with van der Waals surface area (Å²) in [5.41, 5.74) is 2.43. The minimum Gasteiger partial charge on any atom is -0.369 e. The Morgan fingerprint density at radius 1 is 0.969 bits per heavy atom. The van der Waals surface area contributed by atoms with Gasteiger partial charge >= 0.3 is 0 Å². The smallest absolute Gasteiger partial charge is 0.241 e. The highest BCUT2D eigenvalue weighted by Crippen LogP contribution is 2.26. The first-order valence-electron chi connectivity index (χ1n) is 11.7. The highest BCUT2D eigenvalue weighted by molar-refractivity contribution is 7.99. The molecule has 2 aromatic carbocycles. The molecule has 2 aromatic rings. The molecule has 1 saturated heterocycles. The quantitative estimate of drug-likeness (QED) is 0.358. The molecule has 0 aliphatic carbocycles. The molecule has 0 atom stereocenters. The van der Waals surface area contributed by atoms with Crippen molar-refractivity contribution >= 4 is 27.5 Å². The zero-order chi connectivity index (χ0) is 22.8. The lowest BCUT2D eigenvalue weighted by molar-refractivity contribution is 0.252. The van der Waals surface area contributed by atoms with Crippen LogP contribution in [0, 0.1) is 0 Å². The van der Waals surface area contributed by atoms with E-state index in [4.69, 9.17) is 0 Å². The number of benzene rings is 2. The summed E-state index contributed by atoms with van der Waals surface area (Å²) in [7, 11) is -3.44. The average molecular weight is 476 g/mol. The maximum Gasteiger partial charge on any atom is 0.241 e. The first-order valence-corrected chi connectivity index (χ1v) is 14.4. The van der Waals surface area contributed by atoms with Gasteiger partial charge in [0, 0.05) is 43.3 Å². The van der Waals surface area contributed by atoms with Crippen molar-refractivity contribution in [1.82, 2.24) is 9.62 Å². The van der Waals surface area contributed by atoms with Crippen molar-refractivity contribution in [3.8, 4) is 0 Å². The largest absolute Gasteiger partial charge is 0.369 e. The van der Waals surface area contributed by atoms with Crippen molar-refractivity contribution < 1.29 is 8.42 Å². The summed E-state index contributed by atoms with van der Waals surface area (Å²) in [6.07, 6.45) is 7.08. The summed E-state index contributed by atoms with van der Waals surface area (Å²) in [6.45, 7) is 8.02.